The van der Waals surface area contributed by atoms with E-state index in [-0.39, 0.29) is 5.69 Å². The molecule has 7 heteroatoms. The highest BCUT2D eigenvalue weighted by Gasteiger charge is 2.18. The number of anilines is 1. The second-order valence-corrected chi connectivity index (χ2v) is 5.36. The summed E-state index contributed by atoms with van der Waals surface area (Å²) in [7, 11) is 0. The number of halogens is 2. The zero-order valence-corrected chi connectivity index (χ0v) is 13.7. The lowest BCUT2D eigenvalue weighted by atomic mass is 10.2. The number of carbonyl (C=O) groups excluding carboxylic acids is 2. The summed E-state index contributed by atoms with van der Waals surface area (Å²) >= 11 is 0. The van der Waals surface area contributed by atoms with Gasteiger partial charge in [-0.15, -0.1) is 0 Å². The van der Waals surface area contributed by atoms with E-state index in [1.807, 2.05) is 13.0 Å². The second-order valence-electron chi connectivity index (χ2n) is 5.36. The molecule has 5 nitrogen and oxygen atoms in total. The third-order valence-electron chi connectivity index (χ3n) is 3.18. The van der Waals surface area contributed by atoms with Crippen molar-refractivity contribution in [2.75, 3.05) is 11.9 Å². The van der Waals surface area contributed by atoms with E-state index in [1.54, 1.807) is 18.2 Å². The maximum Gasteiger partial charge on any atom is 0.347 e. The van der Waals surface area contributed by atoms with Gasteiger partial charge in [-0.1, -0.05) is 12.1 Å². The fourth-order valence-electron chi connectivity index (χ4n) is 1.97. The van der Waals surface area contributed by atoms with Crippen molar-refractivity contribution < 1.29 is 27.8 Å². The van der Waals surface area contributed by atoms with Gasteiger partial charge in [0.05, 0.1) is 5.69 Å². The first-order valence-corrected chi connectivity index (χ1v) is 7.50. The number of ether oxygens (including phenoxy) is 2. The van der Waals surface area contributed by atoms with Gasteiger partial charge < -0.3 is 14.8 Å². The maximum absolute atomic E-state index is 13.4. The van der Waals surface area contributed by atoms with Crippen molar-refractivity contribution >= 4 is 17.6 Å². The van der Waals surface area contributed by atoms with Crippen LogP contribution in [0.1, 0.15) is 12.5 Å². The van der Waals surface area contributed by atoms with Gasteiger partial charge in [0.2, 0.25) is 0 Å². The Kier molecular flexibility index (Phi) is 6.05. The number of hydrogen-bond donors (Lipinski definition) is 1. The molecule has 0 aliphatic carbocycles. The normalized spacial score (nSPS) is 11.5. The van der Waals surface area contributed by atoms with Crippen LogP contribution in [0.15, 0.2) is 42.5 Å². The molecular formula is C18H17F2NO4. The Morgan fingerprint density at radius 1 is 1.16 bits per heavy atom. The average molecular weight is 349 g/mol. The van der Waals surface area contributed by atoms with Crippen LogP contribution >= 0.6 is 0 Å². The number of amides is 1. The molecule has 1 amide bonds. The van der Waals surface area contributed by atoms with E-state index in [1.165, 1.54) is 6.92 Å². The highest BCUT2D eigenvalue weighted by atomic mass is 19.1. The van der Waals surface area contributed by atoms with Gasteiger partial charge in [0, 0.05) is 6.07 Å². The van der Waals surface area contributed by atoms with Crippen LogP contribution in [-0.4, -0.2) is 24.6 Å². The predicted molar refractivity (Wildman–Crippen MR) is 87.2 cm³/mol. The third kappa shape index (κ3) is 5.56. The third-order valence-corrected chi connectivity index (χ3v) is 3.18. The molecule has 0 bridgehead atoms. The second kappa shape index (κ2) is 8.23. The molecule has 0 saturated heterocycles. The van der Waals surface area contributed by atoms with Crippen LogP contribution in [0.3, 0.4) is 0 Å². The zero-order chi connectivity index (χ0) is 18.4. The van der Waals surface area contributed by atoms with Gasteiger partial charge in [0.25, 0.3) is 5.91 Å². The standard InChI is InChI=1S/C18H17F2NO4/c1-11-4-3-5-14(8-11)25-12(2)18(23)24-10-17(22)21-16-9-13(19)6-7-15(16)20/h3-9,12H,10H2,1-2H3,(H,21,22)/t12-/m1/s1. The van der Waals surface area contributed by atoms with Crippen molar-refractivity contribution in [1.82, 2.24) is 0 Å². The smallest absolute Gasteiger partial charge is 0.347 e. The zero-order valence-electron chi connectivity index (χ0n) is 13.7. The Balaban J connectivity index is 1.84. The first kappa shape index (κ1) is 18.4. The minimum atomic E-state index is -0.930. The van der Waals surface area contributed by atoms with E-state index in [4.69, 9.17) is 9.47 Å². The van der Waals surface area contributed by atoms with Gasteiger partial charge in [-0.3, -0.25) is 4.79 Å². The predicted octanol–water partition coefficient (Wildman–Crippen LogP) is 3.22. The minimum Gasteiger partial charge on any atom is -0.479 e. The fourth-order valence-corrected chi connectivity index (χ4v) is 1.97. The monoisotopic (exact) mass is 349 g/mol. The lowest BCUT2D eigenvalue weighted by molar-refractivity contribution is -0.153. The van der Waals surface area contributed by atoms with Crippen LogP contribution < -0.4 is 10.1 Å². The molecular weight excluding hydrogens is 332 g/mol. The summed E-state index contributed by atoms with van der Waals surface area (Å²) in [5.74, 6) is -2.54. The molecule has 0 radical (unpaired) electrons. The average Bonchev–Trinajstić information content (AvgIpc) is 2.56. The number of esters is 1. The van der Waals surface area contributed by atoms with Crippen molar-refractivity contribution in [2.24, 2.45) is 0 Å². The van der Waals surface area contributed by atoms with Crippen molar-refractivity contribution in [3.63, 3.8) is 0 Å². The molecule has 2 rings (SSSR count). The number of hydrogen-bond acceptors (Lipinski definition) is 4. The number of aryl methyl sites for hydroxylation is 1. The van der Waals surface area contributed by atoms with E-state index in [0.29, 0.717) is 5.75 Å². The highest BCUT2D eigenvalue weighted by Crippen LogP contribution is 2.16. The van der Waals surface area contributed by atoms with Gasteiger partial charge in [0.1, 0.15) is 17.4 Å². The fraction of sp³-hybridized carbons (Fsp3) is 0.222. The van der Waals surface area contributed by atoms with E-state index in [9.17, 15) is 18.4 Å². The molecule has 0 heterocycles. The molecule has 132 valence electrons. The molecule has 0 aliphatic rings. The van der Waals surface area contributed by atoms with Crippen molar-refractivity contribution in [1.29, 1.82) is 0 Å². The molecule has 0 aromatic heterocycles. The molecule has 0 unspecified atom stereocenters. The van der Waals surface area contributed by atoms with E-state index in [2.05, 4.69) is 5.32 Å². The van der Waals surface area contributed by atoms with Crippen molar-refractivity contribution in [3.8, 4) is 5.75 Å². The molecule has 0 fully saturated rings. The van der Waals surface area contributed by atoms with Gasteiger partial charge in [-0.05, 0) is 43.7 Å². The summed E-state index contributed by atoms with van der Waals surface area (Å²) in [6, 6.07) is 9.75. The number of nitrogens with one attached hydrogen (secondary N) is 1. The van der Waals surface area contributed by atoms with Gasteiger partial charge in [0.15, 0.2) is 12.7 Å². The molecule has 0 spiro atoms. The molecule has 2 aromatic carbocycles. The summed E-state index contributed by atoms with van der Waals surface area (Å²) in [4.78, 5) is 23.5. The highest BCUT2D eigenvalue weighted by molar-refractivity contribution is 5.93. The van der Waals surface area contributed by atoms with Crippen LogP contribution in [-0.2, 0) is 14.3 Å². The molecule has 1 N–H and O–H groups in total. The van der Waals surface area contributed by atoms with E-state index in [0.717, 1.165) is 23.8 Å². The van der Waals surface area contributed by atoms with Gasteiger partial charge >= 0.3 is 5.97 Å². The molecule has 0 saturated carbocycles. The molecule has 0 aliphatic heterocycles. The Labute approximate surface area is 143 Å². The number of rotatable bonds is 6. The van der Waals surface area contributed by atoms with Crippen LogP contribution in [0.4, 0.5) is 14.5 Å². The van der Waals surface area contributed by atoms with Crippen LogP contribution in [0, 0.1) is 18.6 Å². The first-order chi connectivity index (χ1) is 11.8. The minimum absolute atomic E-state index is 0.329. The quantitative estimate of drug-likeness (QED) is 0.814. The number of carbonyl (C=O) groups is 2. The van der Waals surface area contributed by atoms with Gasteiger partial charge in [-0.25, -0.2) is 13.6 Å². The van der Waals surface area contributed by atoms with Gasteiger partial charge in [-0.2, -0.15) is 0 Å². The summed E-state index contributed by atoms with van der Waals surface area (Å²) in [6.07, 6.45) is -0.930. The van der Waals surface area contributed by atoms with Crippen LogP contribution in [0.5, 0.6) is 5.75 Å². The van der Waals surface area contributed by atoms with E-state index >= 15 is 0 Å². The Bertz CT molecular complexity index is 779. The molecule has 1 atom stereocenters. The van der Waals surface area contributed by atoms with Crippen molar-refractivity contribution in [2.45, 2.75) is 20.0 Å². The van der Waals surface area contributed by atoms with Crippen molar-refractivity contribution in [3.05, 3.63) is 59.7 Å². The largest absolute Gasteiger partial charge is 0.479 e. The number of benzene rings is 2. The molecule has 25 heavy (non-hydrogen) atoms. The Hall–Kier alpha value is -2.96. The molecule has 2 aromatic rings. The summed E-state index contributed by atoms with van der Waals surface area (Å²) in [6.45, 7) is 2.72. The topological polar surface area (TPSA) is 64.6 Å². The lowest BCUT2D eigenvalue weighted by Gasteiger charge is -2.14. The summed E-state index contributed by atoms with van der Waals surface area (Å²) in [5.41, 5.74) is 0.639. The Morgan fingerprint density at radius 2 is 1.92 bits per heavy atom. The maximum atomic E-state index is 13.4. The lowest BCUT2D eigenvalue weighted by Crippen LogP contribution is -2.29. The van der Waals surface area contributed by atoms with Crippen LogP contribution in [0.25, 0.3) is 0 Å². The summed E-state index contributed by atoms with van der Waals surface area (Å²) in [5, 5.41) is 2.13. The van der Waals surface area contributed by atoms with Crippen LogP contribution in [0.2, 0.25) is 0 Å². The SMILES string of the molecule is Cc1cccc(O[C@H](C)C(=O)OCC(=O)Nc2cc(F)ccc2F)c1. The summed E-state index contributed by atoms with van der Waals surface area (Å²) < 4.78 is 36.7. The first-order valence-electron chi connectivity index (χ1n) is 7.50. The van der Waals surface area contributed by atoms with E-state index < -0.39 is 36.2 Å². The Morgan fingerprint density at radius 3 is 2.64 bits per heavy atom.